The average molecular weight is 285 g/mol. The van der Waals surface area contributed by atoms with Crippen molar-refractivity contribution in [2.45, 2.75) is 11.8 Å². The van der Waals surface area contributed by atoms with E-state index in [-0.39, 0.29) is 9.92 Å². The minimum absolute atomic E-state index is 0.0618. The summed E-state index contributed by atoms with van der Waals surface area (Å²) in [6.07, 6.45) is 1.23. The van der Waals surface area contributed by atoms with Gasteiger partial charge in [0.05, 0.1) is 4.90 Å². The van der Waals surface area contributed by atoms with E-state index in [1.807, 2.05) is 0 Å². The van der Waals surface area contributed by atoms with Crippen molar-refractivity contribution in [1.82, 2.24) is 9.19 Å². The third-order valence-corrected chi connectivity index (χ3v) is 4.01. The highest BCUT2D eigenvalue weighted by molar-refractivity contribution is 7.89. The van der Waals surface area contributed by atoms with Crippen LogP contribution in [0.25, 0.3) is 0 Å². The highest BCUT2D eigenvalue weighted by atomic mass is 35.5. The molecule has 0 unspecified atom stereocenters. The van der Waals surface area contributed by atoms with Crippen LogP contribution in [0.3, 0.4) is 0 Å². The van der Waals surface area contributed by atoms with Gasteiger partial charge in [-0.15, -0.1) is 4.09 Å². The maximum atomic E-state index is 12.2. The summed E-state index contributed by atoms with van der Waals surface area (Å²) >= 11 is 5.81. The topological polar surface area (TPSA) is 69.0 Å². The summed E-state index contributed by atoms with van der Waals surface area (Å²) in [5.41, 5.74) is -0.0276. The van der Waals surface area contributed by atoms with E-state index in [1.165, 1.54) is 24.4 Å². The van der Waals surface area contributed by atoms with E-state index in [4.69, 9.17) is 11.6 Å². The molecule has 0 spiro atoms. The second-order valence-electron chi connectivity index (χ2n) is 3.67. The van der Waals surface area contributed by atoms with Gasteiger partial charge in [0.25, 0.3) is 15.6 Å². The van der Waals surface area contributed by atoms with Crippen LogP contribution in [-0.2, 0) is 10.0 Å². The van der Waals surface area contributed by atoms with E-state index in [1.54, 1.807) is 13.0 Å². The number of halogens is 1. The molecule has 0 fully saturated rings. The fourth-order valence-corrected chi connectivity index (χ4v) is 3.12. The molecular weight excluding hydrogens is 276 g/mol. The second-order valence-corrected chi connectivity index (χ2v) is 5.88. The molecule has 94 valence electrons. The molecule has 2 aromatic rings. The number of rotatable bonds is 2. The van der Waals surface area contributed by atoms with Crippen LogP contribution in [0.1, 0.15) is 5.56 Å². The predicted molar refractivity (Wildman–Crippen MR) is 67.3 cm³/mol. The maximum Gasteiger partial charge on any atom is 0.286 e. The van der Waals surface area contributed by atoms with E-state index in [0.717, 1.165) is 6.07 Å². The van der Waals surface area contributed by atoms with Crippen molar-refractivity contribution >= 4 is 21.6 Å². The number of hydrogen-bond acceptors (Lipinski definition) is 4. The monoisotopic (exact) mass is 284 g/mol. The summed E-state index contributed by atoms with van der Waals surface area (Å²) in [6.45, 7) is 1.71. The third kappa shape index (κ3) is 2.30. The normalized spacial score (nSPS) is 11.4. The van der Waals surface area contributed by atoms with Crippen molar-refractivity contribution in [2.75, 3.05) is 0 Å². The molecule has 0 aliphatic heterocycles. The first-order valence-electron chi connectivity index (χ1n) is 4.98. The molecule has 0 radical (unpaired) electrons. The van der Waals surface area contributed by atoms with E-state index in [2.05, 4.69) is 5.10 Å². The first kappa shape index (κ1) is 12.8. The lowest BCUT2D eigenvalue weighted by molar-refractivity contribution is 0.575. The summed E-state index contributed by atoms with van der Waals surface area (Å²) in [6, 6.07) is 6.84. The van der Waals surface area contributed by atoms with Crippen LogP contribution in [-0.4, -0.2) is 17.6 Å². The number of nitrogens with zero attached hydrogens (tertiary/aromatic N) is 2. The van der Waals surface area contributed by atoms with E-state index in [9.17, 15) is 13.2 Å². The zero-order valence-corrected chi connectivity index (χ0v) is 10.9. The summed E-state index contributed by atoms with van der Waals surface area (Å²) < 4.78 is 24.8. The molecule has 1 aromatic heterocycles. The van der Waals surface area contributed by atoms with Crippen molar-refractivity contribution in [1.29, 1.82) is 0 Å². The lowest BCUT2D eigenvalue weighted by atomic mass is 10.2. The van der Waals surface area contributed by atoms with Gasteiger partial charge in [-0.05, 0) is 36.8 Å². The number of aryl methyl sites for hydroxylation is 1. The van der Waals surface area contributed by atoms with Crippen LogP contribution in [0.2, 0.25) is 5.02 Å². The quantitative estimate of drug-likeness (QED) is 0.837. The van der Waals surface area contributed by atoms with Crippen molar-refractivity contribution < 1.29 is 8.42 Å². The Morgan fingerprint density at radius 3 is 2.61 bits per heavy atom. The third-order valence-electron chi connectivity index (χ3n) is 2.23. The fourth-order valence-electron chi connectivity index (χ4n) is 1.48. The van der Waals surface area contributed by atoms with Crippen LogP contribution in [0.4, 0.5) is 0 Å². The van der Waals surface area contributed by atoms with Crippen LogP contribution < -0.4 is 5.56 Å². The first-order chi connectivity index (χ1) is 8.41. The van der Waals surface area contributed by atoms with Crippen molar-refractivity contribution in [3.05, 3.63) is 57.5 Å². The van der Waals surface area contributed by atoms with E-state index < -0.39 is 15.6 Å². The van der Waals surface area contributed by atoms with Gasteiger partial charge in [0.15, 0.2) is 0 Å². The predicted octanol–water partition coefficient (Wildman–Crippen LogP) is 1.44. The Balaban J connectivity index is 2.70. The summed E-state index contributed by atoms with van der Waals surface area (Å²) in [5, 5.41) is 3.85. The molecule has 1 heterocycles. The van der Waals surface area contributed by atoms with Gasteiger partial charge in [0.2, 0.25) is 0 Å². The number of benzene rings is 1. The van der Waals surface area contributed by atoms with Gasteiger partial charge < -0.3 is 0 Å². The molecule has 1 aromatic carbocycles. The molecule has 0 saturated carbocycles. The maximum absolute atomic E-state index is 12.2. The lowest BCUT2D eigenvalue weighted by Crippen LogP contribution is -2.28. The Kier molecular flexibility index (Phi) is 3.23. The number of hydrogen-bond donors (Lipinski definition) is 0. The first-order valence-corrected chi connectivity index (χ1v) is 6.80. The second kappa shape index (κ2) is 4.55. The van der Waals surface area contributed by atoms with Crippen LogP contribution in [0, 0.1) is 6.92 Å². The largest absolute Gasteiger partial charge is 0.286 e. The van der Waals surface area contributed by atoms with E-state index in [0.29, 0.717) is 9.65 Å². The van der Waals surface area contributed by atoms with Gasteiger partial charge in [-0.3, -0.25) is 4.79 Å². The molecule has 0 saturated heterocycles. The van der Waals surface area contributed by atoms with Gasteiger partial charge in [-0.25, -0.2) is 0 Å². The number of aromatic nitrogens is 2. The summed E-state index contributed by atoms with van der Waals surface area (Å²) in [5.74, 6) is 0. The molecule has 0 bridgehead atoms. The Morgan fingerprint density at radius 2 is 2.00 bits per heavy atom. The summed E-state index contributed by atoms with van der Waals surface area (Å²) in [7, 11) is -4.01. The Morgan fingerprint density at radius 1 is 1.28 bits per heavy atom. The molecular formula is C11H9ClN2O3S. The molecule has 7 heteroatoms. The molecule has 0 aliphatic rings. The van der Waals surface area contributed by atoms with E-state index >= 15 is 0 Å². The Bertz CT molecular complexity index is 733. The minimum Gasteiger partial charge on any atom is -0.267 e. The molecule has 0 amide bonds. The van der Waals surface area contributed by atoms with Gasteiger partial charge in [-0.2, -0.15) is 13.5 Å². The smallest absolute Gasteiger partial charge is 0.267 e. The molecule has 18 heavy (non-hydrogen) atoms. The minimum atomic E-state index is -4.01. The van der Waals surface area contributed by atoms with Crippen molar-refractivity contribution in [3.63, 3.8) is 0 Å². The van der Waals surface area contributed by atoms with Gasteiger partial charge in [-0.1, -0.05) is 11.6 Å². The van der Waals surface area contributed by atoms with Gasteiger partial charge >= 0.3 is 0 Å². The van der Waals surface area contributed by atoms with Crippen LogP contribution in [0.5, 0.6) is 0 Å². The van der Waals surface area contributed by atoms with Gasteiger partial charge in [0, 0.05) is 17.3 Å². The summed E-state index contributed by atoms with van der Waals surface area (Å²) in [4.78, 5) is 11.4. The molecule has 0 aliphatic carbocycles. The highest BCUT2D eigenvalue weighted by Crippen LogP contribution is 2.19. The van der Waals surface area contributed by atoms with Crippen molar-refractivity contribution in [2.24, 2.45) is 0 Å². The Hall–Kier alpha value is -1.66. The van der Waals surface area contributed by atoms with Crippen LogP contribution >= 0.6 is 11.6 Å². The zero-order chi connectivity index (χ0) is 13.3. The standard InChI is InChI=1S/C11H9ClN2O3S/c1-8-5-9(12)7-10(6-8)18(16,17)14-11(15)3-2-4-13-14/h2-7H,1H3. The highest BCUT2D eigenvalue weighted by Gasteiger charge is 2.19. The fraction of sp³-hybridized carbons (Fsp3) is 0.0909. The lowest BCUT2D eigenvalue weighted by Gasteiger charge is -2.06. The average Bonchev–Trinajstić information content (AvgIpc) is 2.28. The molecule has 0 N–H and O–H groups in total. The van der Waals surface area contributed by atoms with Gasteiger partial charge in [0.1, 0.15) is 0 Å². The SMILES string of the molecule is Cc1cc(Cl)cc(S(=O)(=O)n2ncccc2=O)c1. The Labute approximate surface area is 109 Å². The van der Waals surface area contributed by atoms with Crippen LogP contribution in [0.15, 0.2) is 46.2 Å². The molecule has 5 nitrogen and oxygen atoms in total. The zero-order valence-electron chi connectivity index (χ0n) is 9.37. The molecule has 0 atom stereocenters. The van der Waals surface area contributed by atoms with Crippen molar-refractivity contribution in [3.8, 4) is 0 Å². The molecule has 2 rings (SSSR count).